The predicted molar refractivity (Wildman–Crippen MR) is 89.4 cm³/mol. The molecule has 1 heterocycles. The normalized spacial score (nSPS) is 28.7. The van der Waals surface area contributed by atoms with Crippen LogP contribution in [0.15, 0.2) is 24.3 Å². The van der Waals surface area contributed by atoms with Crippen molar-refractivity contribution in [1.29, 1.82) is 0 Å². The van der Waals surface area contributed by atoms with Gasteiger partial charge in [0, 0.05) is 25.2 Å². The lowest BCUT2D eigenvalue weighted by Crippen LogP contribution is -2.51. The van der Waals surface area contributed by atoms with Crippen LogP contribution in [0.2, 0.25) is 0 Å². The summed E-state index contributed by atoms with van der Waals surface area (Å²) in [4.78, 5) is 2.71. The minimum absolute atomic E-state index is 0.371. The monoisotopic (exact) mass is 286 g/mol. The smallest absolute Gasteiger partial charge is 0.0171 e. The van der Waals surface area contributed by atoms with Crippen LogP contribution in [0.4, 0.5) is 0 Å². The molecule has 1 aromatic rings. The third-order valence-electron chi connectivity index (χ3n) is 5.33. The van der Waals surface area contributed by atoms with E-state index in [1.165, 1.54) is 62.6 Å². The number of rotatable bonds is 3. The maximum atomic E-state index is 6.36. The van der Waals surface area contributed by atoms with E-state index in [1.807, 2.05) is 0 Å². The number of piperidine rings is 1. The minimum atomic E-state index is 0.371. The Morgan fingerprint density at radius 1 is 1.05 bits per heavy atom. The fourth-order valence-electron chi connectivity index (χ4n) is 4.23. The molecule has 1 saturated carbocycles. The van der Waals surface area contributed by atoms with E-state index < -0.39 is 0 Å². The van der Waals surface area contributed by atoms with Crippen LogP contribution in [-0.4, -0.2) is 30.1 Å². The van der Waals surface area contributed by atoms with E-state index in [9.17, 15) is 0 Å². The van der Waals surface area contributed by atoms with Crippen LogP contribution in [0.25, 0.3) is 0 Å². The molecule has 2 nitrogen and oxygen atoms in total. The summed E-state index contributed by atoms with van der Waals surface area (Å²) in [7, 11) is 0. The van der Waals surface area contributed by atoms with Gasteiger partial charge in [-0.15, -0.1) is 0 Å². The summed E-state index contributed by atoms with van der Waals surface area (Å²) >= 11 is 0. The molecule has 2 N–H and O–H groups in total. The number of hydrogen-bond acceptors (Lipinski definition) is 2. The van der Waals surface area contributed by atoms with Gasteiger partial charge in [-0.05, 0) is 44.1 Å². The van der Waals surface area contributed by atoms with Crippen molar-refractivity contribution in [3.05, 3.63) is 35.4 Å². The zero-order valence-electron chi connectivity index (χ0n) is 13.4. The molecule has 2 heteroatoms. The third-order valence-corrected chi connectivity index (χ3v) is 5.33. The standard InChI is InChI=1S/C19H30N2/c1-15-7-9-16(10-8-15)11-17-12-18(20)14-21(13-17)19-5-3-2-4-6-19/h7-10,17-19H,2-6,11-14,20H2,1H3. The van der Waals surface area contributed by atoms with Gasteiger partial charge in [0.1, 0.15) is 0 Å². The number of nitrogens with two attached hydrogens (primary N) is 1. The molecule has 1 aliphatic heterocycles. The second-order valence-corrected chi connectivity index (χ2v) is 7.30. The van der Waals surface area contributed by atoms with Crippen molar-refractivity contribution >= 4 is 0 Å². The molecule has 1 aromatic carbocycles. The van der Waals surface area contributed by atoms with E-state index in [1.54, 1.807) is 0 Å². The van der Waals surface area contributed by atoms with Crippen molar-refractivity contribution in [3.8, 4) is 0 Å². The fourth-order valence-corrected chi connectivity index (χ4v) is 4.23. The van der Waals surface area contributed by atoms with Gasteiger partial charge in [-0.2, -0.15) is 0 Å². The molecule has 0 bridgehead atoms. The SMILES string of the molecule is Cc1ccc(CC2CC(N)CN(C3CCCCC3)C2)cc1. The lowest BCUT2D eigenvalue weighted by Gasteiger charge is -2.42. The molecule has 0 aromatic heterocycles. The molecule has 2 unspecified atom stereocenters. The van der Waals surface area contributed by atoms with E-state index in [0.717, 1.165) is 18.5 Å². The second kappa shape index (κ2) is 6.93. The van der Waals surface area contributed by atoms with Gasteiger partial charge >= 0.3 is 0 Å². The number of likely N-dealkylation sites (tertiary alicyclic amines) is 1. The molecule has 2 aliphatic rings. The molecule has 3 rings (SSSR count). The summed E-state index contributed by atoms with van der Waals surface area (Å²) in [6.07, 6.45) is 9.43. The van der Waals surface area contributed by atoms with Gasteiger partial charge in [-0.1, -0.05) is 49.1 Å². The topological polar surface area (TPSA) is 29.3 Å². The van der Waals surface area contributed by atoms with Gasteiger partial charge in [0.15, 0.2) is 0 Å². The Bertz CT molecular complexity index is 433. The van der Waals surface area contributed by atoms with Crippen LogP contribution in [0.1, 0.15) is 49.7 Å². The minimum Gasteiger partial charge on any atom is -0.327 e. The van der Waals surface area contributed by atoms with Gasteiger partial charge in [0.05, 0.1) is 0 Å². The molecule has 1 aliphatic carbocycles. The van der Waals surface area contributed by atoms with Gasteiger partial charge in [-0.25, -0.2) is 0 Å². The lowest BCUT2D eigenvalue weighted by molar-refractivity contribution is 0.0870. The van der Waals surface area contributed by atoms with Crippen LogP contribution in [0.3, 0.4) is 0 Å². The highest BCUT2D eigenvalue weighted by Crippen LogP contribution is 2.28. The molecule has 1 saturated heterocycles. The van der Waals surface area contributed by atoms with Crippen molar-refractivity contribution in [2.24, 2.45) is 11.7 Å². The van der Waals surface area contributed by atoms with Crippen LogP contribution in [0.5, 0.6) is 0 Å². The van der Waals surface area contributed by atoms with E-state index in [-0.39, 0.29) is 0 Å². The summed E-state index contributed by atoms with van der Waals surface area (Å²) in [6, 6.07) is 10.2. The lowest BCUT2D eigenvalue weighted by atomic mass is 9.86. The Morgan fingerprint density at radius 2 is 1.76 bits per heavy atom. The van der Waals surface area contributed by atoms with Crippen molar-refractivity contribution < 1.29 is 0 Å². The maximum Gasteiger partial charge on any atom is 0.0171 e. The predicted octanol–water partition coefficient (Wildman–Crippen LogP) is 3.52. The Morgan fingerprint density at radius 3 is 2.48 bits per heavy atom. The van der Waals surface area contributed by atoms with Gasteiger partial charge in [0.25, 0.3) is 0 Å². The van der Waals surface area contributed by atoms with Gasteiger partial charge < -0.3 is 5.73 Å². The average Bonchev–Trinajstić information content (AvgIpc) is 2.50. The van der Waals surface area contributed by atoms with E-state index >= 15 is 0 Å². The number of benzene rings is 1. The van der Waals surface area contributed by atoms with E-state index in [4.69, 9.17) is 5.73 Å². The van der Waals surface area contributed by atoms with Crippen LogP contribution in [-0.2, 0) is 6.42 Å². The van der Waals surface area contributed by atoms with Crippen molar-refractivity contribution in [2.45, 2.75) is 64.0 Å². The van der Waals surface area contributed by atoms with Crippen molar-refractivity contribution in [2.75, 3.05) is 13.1 Å². The molecule has 0 amide bonds. The molecular formula is C19H30N2. The number of aryl methyl sites for hydroxylation is 1. The molecule has 0 radical (unpaired) electrons. The Kier molecular flexibility index (Phi) is 4.97. The highest BCUT2D eigenvalue weighted by molar-refractivity contribution is 5.21. The zero-order chi connectivity index (χ0) is 14.7. The number of hydrogen-bond donors (Lipinski definition) is 1. The summed E-state index contributed by atoms with van der Waals surface area (Å²) < 4.78 is 0. The summed E-state index contributed by atoms with van der Waals surface area (Å²) in [6.45, 7) is 4.53. The highest BCUT2D eigenvalue weighted by atomic mass is 15.2. The summed E-state index contributed by atoms with van der Waals surface area (Å²) in [5, 5.41) is 0. The molecule has 0 spiro atoms. The van der Waals surface area contributed by atoms with Gasteiger partial charge in [-0.3, -0.25) is 4.90 Å². The first-order valence-electron chi connectivity index (χ1n) is 8.76. The first kappa shape index (κ1) is 15.1. The second-order valence-electron chi connectivity index (χ2n) is 7.30. The molecule has 21 heavy (non-hydrogen) atoms. The molecule has 116 valence electrons. The Balaban J connectivity index is 1.61. The van der Waals surface area contributed by atoms with E-state index in [2.05, 4.69) is 36.1 Å². The Labute approximate surface area is 129 Å². The average molecular weight is 286 g/mol. The van der Waals surface area contributed by atoms with E-state index in [0.29, 0.717) is 6.04 Å². The van der Waals surface area contributed by atoms with Crippen LogP contribution >= 0.6 is 0 Å². The van der Waals surface area contributed by atoms with Crippen molar-refractivity contribution in [3.63, 3.8) is 0 Å². The van der Waals surface area contributed by atoms with Crippen molar-refractivity contribution in [1.82, 2.24) is 4.90 Å². The molecule has 2 atom stereocenters. The first-order valence-corrected chi connectivity index (χ1v) is 8.76. The molecule has 2 fully saturated rings. The zero-order valence-corrected chi connectivity index (χ0v) is 13.4. The maximum absolute atomic E-state index is 6.36. The quantitative estimate of drug-likeness (QED) is 0.921. The number of nitrogens with zero attached hydrogens (tertiary/aromatic N) is 1. The van der Waals surface area contributed by atoms with Crippen LogP contribution in [0, 0.1) is 12.8 Å². The first-order chi connectivity index (χ1) is 10.2. The van der Waals surface area contributed by atoms with Crippen LogP contribution < -0.4 is 5.73 Å². The Hall–Kier alpha value is -0.860. The molecular weight excluding hydrogens is 256 g/mol. The summed E-state index contributed by atoms with van der Waals surface area (Å²) in [5.41, 5.74) is 9.18. The highest BCUT2D eigenvalue weighted by Gasteiger charge is 2.30. The van der Waals surface area contributed by atoms with Gasteiger partial charge in [0.2, 0.25) is 0 Å². The summed E-state index contributed by atoms with van der Waals surface area (Å²) in [5.74, 6) is 0.735. The third kappa shape index (κ3) is 4.08. The fraction of sp³-hybridized carbons (Fsp3) is 0.684. The largest absolute Gasteiger partial charge is 0.327 e.